The molecule has 0 bridgehead atoms. The van der Waals surface area contributed by atoms with E-state index in [0.717, 1.165) is 33.6 Å². The van der Waals surface area contributed by atoms with E-state index < -0.39 is 11.9 Å². The van der Waals surface area contributed by atoms with Crippen molar-refractivity contribution in [1.82, 2.24) is 0 Å². The standard InChI is InChI=1S/2C16H18N2O2.Mn.2H2O/c2*1-10-6-7-14(11(2)8-10)18-9-12-4-3-5-13(15(12)17)16(19)20;;;/h2*3-8,18H,9,17H2,1-2H3,(H,19,20);;2*1H2/q;;+2;;. The van der Waals surface area contributed by atoms with Crippen molar-refractivity contribution in [2.75, 3.05) is 22.1 Å². The summed E-state index contributed by atoms with van der Waals surface area (Å²) in [6.45, 7) is 9.16. The number of carbonyl (C=O) groups is 2. The zero-order chi connectivity index (χ0) is 29.4. The Bertz CT molecular complexity index is 1430. The van der Waals surface area contributed by atoms with Gasteiger partial charge in [-0.15, -0.1) is 0 Å². The molecule has 0 saturated heterocycles. The third kappa shape index (κ3) is 10.4. The van der Waals surface area contributed by atoms with Crippen LogP contribution in [0.4, 0.5) is 22.7 Å². The first-order chi connectivity index (χ1) is 19.0. The second-order valence-electron chi connectivity index (χ2n) is 9.71. The summed E-state index contributed by atoms with van der Waals surface area (Å²) in [7, 11) is 0. The fourth-order valence-corrected chi connectivity index (χ4v) is 4.31. The predicted octanol–water partition coefficient (Wildman–Crippen LogP) is 4.74. The number of hydrogen-bond acceptors (Lipinski definition) is 6. The van der Waals surface area contributed by atoms with Crippen molar-refractivity contribution < 1.29 is 47.8 Å². The molecule has 4 aromatic rings. The summed E-state index contributed by atoms with van der Waals surface area (Å²) in [5, 5.41) is 24.7. The summed E-state index contributed by atoms with van der Waals surface area (Å²) in [5.41, 5.74) is 21.0. The van der Waals surface area contributed by atoms with Crippen LogP contribution in [0.3, 0.4) is 0 Å². The fraction of sp³-hybridized carbons (Fsp3) is 0.188. The van der Waals surface area contributed by atoms with Gasteiger partial charge >= 0.3 is 29.0 Å². The van der Waals surface area contributed by atoms with Gasteiger partial charge in [0.25, 0.3) is 0 Å². The van der Waals surface area contributed by atoms with Crippen LogP contribution >= 0.6 is 0 Å². The molecule has 4 rings (SSSR count). The van der Waals surface area contributed by atoms with Gasteiger partial charge in [0.15, 0.2) is 0 Å². The molecular weight excluding hydrogens is 591 g/mol. The van der Waals surface area contributed by atoms with Crippen LogP contribution in [0.2, 0.25) is 0 Å². The number of para-hydroxylation sites is 2. The predicted molar refractivity (Wildman–Crippen MR) is 169 cm³/mol. The second-order valence-corrected chi connectivity index (χ2v) is 9.71. The van der Waals surface area contributed by atoms with Crippen LogP contribution in [0.25, 0.3) is 0 Å². The molecule has 0 atom stereocenters. The molecule has 0 aliphatic rings. The molecule has 0 aliphatic heterocycles. The van der Waals surface area contributed by atoms with Crippen LogP contribution in [-0.4, -0.2) is 33.1 Å². The minimum absolute atomic E-state index is 0. The smallest absolute Gasteiger partial charge is 0.478 e. The first kappa shape index (κ1) is 38.5. The molecule has 0 saturated carbocycles. The molecule has 11 heteroatoms. The van der Waals surface area contributed by atoms with Gasteiger partial charge in [-0.1, -0.05) is 59.7 Å². The van der Waals surface area contributed by atoms with Crippen molar-refractivity contribution in [2.45, 2.75) is 40.8 Å². The van der Waals surface area contributed by atoms with E-state index in [2.05, 4.69) is 22.8 Å². The van der Waals surface area contributed by atoms with Crippen LogP contribution in [0.15, 0.2) is 72.8 Å². The Kier molecular flexibility index (Phi) is 15.6. The number of nitrogens with one attached hydrogen (secondary N) is 2. The molecule has 0 aromatic heterocycles. The molecule has 43 heavy (non-hydrogen) atoms. The Labute approximate surface area is 262 Å². The average Bonchev–Trinajstić information content (AvgIpc) is 2.89. The molecule has 0 fully saturated rings. The zero-order valence-electron chi connectivity index (χ0n) is 24.6. The Morgan fingerprint density at radius 2 is 0.977 bits per heavy atom. The number of carboxylic acids is 2. The van der Waals surface area contributed by atoms with E-state index >= 15 is 0 Å². The number of hydrogen-bond donors (Lipinski definition) is 6. The molecule has 4 aromatic carbocycles. The van der Waals surface area contributed by atoms with Crippen LogP contribution < -0.4 is 22.1 Å². The third-order valence-electron chi connectivity index (χ3n) is 6.56. The van der Waals surface area contributed by atoms with E-state index in [4.69, 9.17) is 21.7 Å². The number of nitrogen functional groups attached to an aromatic ring is 2. The Balaban J connectivity index is 0.000000767. The maximum Gasteiger partial charge on any atom is 2.00 e. The maximum atomic E-state index is 11.0. The van der Waals surface area contributed by atoms with E-state index in [0.29, 0.717) is 24.5 Å². The summed E-state index contributed by atoms with van der Waals surface area (Å²) < 4.78 is 0. The van der Waals surface area contributed by atoms with Crippen LogP contribution in [0, 0.1) is 27.7 Å². The first-order valence-corrected chi connectivity index (χ1v) is 12.8. The Morgan fingerprint density at radius 3 is 1.28 bits per heavy atom. The largest absolute Gasteiger partial charge is 2.00 e. The molecule has 0 unspecified atom stereocenters. The number of anilines is 4. The maximum absolute atomic E-state index is 11.0. The van der Waals surface area contributed by atoms with Crippen molar-refractivity contribution in [3.8, 4) is 0 Å². The number of carboxylic acid groups (broad SMARTS) is 2. The van der Waals surface area contributed by atoms with Gasteiger partial charge in [0.1, 0.15) is 0 Å². The SMILES string of the molecule is Cc1ccc(NCc2cccc(C(=O)O)c2N)c(C)c1.Cc1ccc(NCc2cccc(C(=O)O)c2N)c(C)c1.O.O.[Mn+2]. The van der Waals surface area contributed by atoms with Gasteiger partial charge in [-0.3, -0.25) is 0 Å². The Morgan fingerprint density at radius 1 is 0.628 bits per heavy atom. The van der Waals surface area contributed by atoms with Crippen molar-refractivity contribution in [1.29, 1.82) is 0 Å². The van der Waals surface area contributed by atoms with E-state index in [-0.39, 0.29) is 39.1 Å². The summed E-state index contributed by atoms with van der Waals surface area (Å²) in [5.74, 6) is -2.01. The van der Waals surface area contributed by atoms with Crippen LogP contribution in [0.1, 0.15) is 54.1 Å². The quantitative estimate of drug-likeness (QED) is 0.118. The molecule has 12 N–H and O–H groups in total. The molecule has 0 heterocycles. The molecule has 0 spiro atoms. The molecule has 1 radical (unpaired) electrons. The van der Waals surface area contributed by atoms with Crippen molar-refractivity contribution >= 4 is 34.7 Å². The molecule has 0 amide bonds. The van der Waals surface area contributed by atoms with Crippen molar-refractivity contribution in [2.24, 2.45) is 0 Å². The summed E-state index contributed by atoms with van der Waals surface area (Å²) in [4.78, 5) is 22.1. The average molecular weight is 632 g/mol. The van der Waals surface area contributed by atoms with Gasteiger partial charge in [-0.2, -0.15) is 0 Å². The number of rotatable bonds is 8. The van der Waals surface area contributed by atoms with Gasteiger partial charge in [-0.05, 0) is 74.2 Å². The van der Waals surface area contributed by atoms with Gasteiger partial charge in [0, 0.05) is 24.5 Å². The minimum Gasteiger partial charge on any atom is -0.478 e. The zero-order valence-corrected chi connectivity index (χ0v) is 25.8. The summed E-state index contributed by atoms with van der Waals surface area (Å²) in [6.07, 6.45) is 0. The van der Waals surface area contributed by atoms with Gasteiger partial charge in [-0.25, -0.2) is 9.59 Å². The Hall–Kier alpha value is -4.54. The normalized spacial score (nSPS) is 9.58. The fourth-order valence-electron chi connectivity index (χ4n) is 4.31. The number of nitrogens with two attached hydrogens (primary N) is 2. The second kappa shape index (κ2) is 17.4. The third-order valence-corrected chi connectivity index (χ3v) is 6.56. The first-order valence-electron chi connectivity index (χ1n) is 12.8. The van der Waals surface area contributed by atoms with E-state index in [1.54, 1.807) is 12.1 Å². The molecule has 229 valence electrons. The van der Waals surface area contributed by atoms with Gasteiger partial charge < -0.3 is 43.3 Å². The number of aryl methyl sites for hydroxylation is 4. The van der Waals surface area contributed by atoms with Crippen molar-refractivity contribution in [3.63, 3.8) is 0 Å². The minimum atomic E-state index is -1.00. The van der Waals surface area contributed by atoms with Gasteiger partial charge in [0.05, 0.1) is 22.5 Å². The van der Waals surface area contributed by atoms with Crippen molar-refractivity contribution in [3.05, 3.63) is 117 Å². The molecule has 0 aliphatic carbocycles. The summed E-state index contributed by atoms with van der Waals surface area (Å²) >= 11 is 0. The van der Waals surface area contributed by atoms with E-state index in [1.165, 1.54) is 23.3 Å². The monoisotopic (exact) mass is 631 g/mol. The summed E-state index contributed by atoms with van der Waals surface area (Å²) in [6, 6.07) is 22.4. The van der Waals surface area contributed by atoms with Crippen LogP contribution in [0.5, 0.6) is 0 Å². The topological polar surface area (TPSA) is 214 Å². The van der Waals surface area contributed by atoms with Gasteiger partial charge in [0.2, 0.25) is 0 Å². The molecule has 10 nitrogen and oxygen atoms in total. The number of benzene rings is 4. The van der Waals surface area contributed by atoms with Crippen LogP contribution in [-0.2, 0) is 30.2 Å². The number of aromatic carboxylic acids is 2. The van der Waals surface area contributed by atoms with E-state index in [1.807, 2.05) is 64.1 Å². The molecular formula is C32H40MnN4O6+2. The van der Waals surface area contributed by atoms with E-state index in [9.17, 15) is 9.59 Å².